The van der Waals surface area contributed by atoms with Gasteiger partial charge in [0.2, 0.25) is 0 Å². The summed E-state index contributed by atoms with van der Waals surface area (Å²) in [5.41, 5.74) is 5.95. The van der Waals surface area contributed by atoms with E-state index in [0.29, 0.717) is 0 Å². The summed E-state index contributed by atoms with van der Waals surface area (Å²) in [6.07, 6.45) is 5.51. The molecule has 0 bridgehead atoms. The highest BCUT2D eigenvalue weighted by molar-refractivity contribution is 5.85. The Morgan fingerprint density at radius 3 is 2.42 bits per heavy atom. The van der Waals surface area contributed by atoms with Crippen LogP contribution in [0.1, 0.15) is 69.2 Å². The van der Waals surface area contributed by atoms with Crippen molar-refractivity contribution in [2.45, 2.75) is 64.7 Å². The predicted octanol–water partition coefficient (Wildman–Crippen LogP) is 5.43. The number of benzene rings is 1. The molecule has 3 rings (SSSR count). The minimum atomic E-state index is 0.228. The molecule has 0 atom stereocenters. The number of nitrogens with one attached hydrogen (secondary N) is 1. The van der Waals surface area contributed by atoms with Crippen molar-refractivity contribution in [1.82, 2.24) is 4.98 Å². The van der Waals surface area contributed by atoms with Crippen molar-refractivity contribution in [3.63, 3.8) is 0 Å². The molecular weight excluding hydrogens is 230 g/mol. The molecule has 1 N–H and O–H groups in total. The van der Waals surface area contributed by atoms with Gasteiger partial charge in [-0.3, -0.25) is 0 Å². The van der Waals surface area contributed by atoms with E-state index < -0.39 is 0 Å². The molecule has 1 heteroatoms. The van der Waals surface area contributed by atoms with E-state index in [9.17, 15) is 0 Å². The number of H-pyrrole nitrogens is 1. The highest BCUT2D eigenvalue weighted by atomic mass is 14.7. The zero-order chi connectivity index (χ0) is 13.6. The minimum absolute atomic E-state index is 0.228. The highest BCUT2D eigenvalue weighted by Crippen LogP contribution is 2.38. The van der Waals surface area contributed by atoms with E-state index in [2.05, 4.69) is 50.9 Å². The van der Waals surface area contributed by atoms with Gasteiger partial charge in [-0.25, -0.2) is 0 Å². The van der Waals surface area contributed by atoms with Crippen LogP contribution in [-0.4, -0.2) is 4.98 Å². The minimum Gasteiger partial charge on any atom is -0.358 e. The molecule has 1 saturated carbocycles. The summed E-state index contributed by atoms with van der Waals surface area (Å²) in [6.45, 7) is 9.15. The molecule has 1 aromatic heterocycles. The van der Waals surface area contributed by atoms with Gasteiger partial charge in [0.05, 0.1) is 0 Å². The average molecular weight is 255 g/mol. The van der Waals surface area contributed by atoms with E-state index in [4.69, 9.17) is 0 Å². The van der Waals surface area contributed by atoms with Gasteiger partial charge in [-0.1, -0.05) is 39.7 Å². The Balaban J connectivity index is 2.10. The van der Waals surface area contributed by atoms with Crippen LogP contribution in [0.5, 0.6) is 0 Å². The Labute approximate surface area is 116 Å². The van der Waals surface area contributed by atoms with Crippen LogP contribution < -0.4 is 0 Å². The van der Waals surface area contributed by atoms with Crippen molar-refractivity contribution in [3.8, 4) is 0 Å². The van der Waals surface area contributed by atoms with Gasteiger partial charge < -0.3 is 4.98 Å². The fourth-order valence-corrected chi connectivity index (χ4v) is 3.44. The molecule has 1 aromatic carbocycles. The first-order valence-electron chi connectivity index (χ1n) is 7.59. The molecule has 1 heterocycles. The smallest absolute Gasteiger partial charge is 0.0459 e. The van der Waals surface area contributed by atoms with Crippen LogP contribution in [0.2, 0.25) is 0 Å². The topological polar surface area (TPSA) is 15.8 Å². The lowest BCUT2D eigenvalue weighted by atomic mass is 9.86. The maximum Gasteiger partial charge on any atom is 0.0459 e. The van der Waals surface area contributed by atoms with Crippen LogP contribution >= 0.6 is 0 Å². The fraction of sp³-hybridized carbons (Fsp3) is 0.556. The second-order valence-electron chi connectivity index (χ2n) is 7.16. The number of aromatic amines is 1. The Hall–Kier alpha value is -1.24. The number of aryl methyl sites for hydroxylation is 1. The van der Waals surface area contributed by atoms with E-state index in [1.807, 2.05) is 0 Å². The molecular formula is C18H25N. The summed E-state index contributed by atoms with van der Waals surface area (Å²) >= 11 is 0. The highest BCUT2D eigenvalue weighted by Gasteiger charge is 2.22. The van der Waals surface area contributed by atoms with Crippen molar-refractivity contribution in [3.05, 3.63) is 35.0 Å². The normalized spacial score (nSPS) is 17.5. The van der Waals surface area contributed by atoms with Gasteiger partial charge in [-0.15, -0.1) is 0 Å². The summed E-state index contributed by atoms with van der Waals surface area (Å²) in [5.74, 6) is 0.769. The summed E-state index contributed by atoms with van der Waals surface area (Å²) in [7, 11) is 0. The number of rotatable bonds is 1. The van der Waals surface area contributed by atoms with Gasteiger partial charge in [0.1, 0.15) is 0 Å². The van der Waals surface area contributed by atoms with E-state index in [0.717, 1.165) is 5.92 Å². The van der Waals surface area contributed by atoms with Crippen molar-refractivity contribution < 1.29 is 0 Å². The van der Waals surface area contributed by atoms with Crippen molar-refractivity contribution in [2.75, 3.05) is 0 Å². The maximum absolute atomic E-state index is 3.68. The largest absolute Gasteiger partial charge is 0.358 e. The van der Waals surface area contributed by atoms with Gasteiger partial charge in [-0.2, -0.15) is 0 Å². The number of hydrogen-bond acceptors (Lipinski definition) is 0. The number of hydrogen-bond donors (Lipinski definition) is 1. The van der Waals surface area contributed by atoms with Crippen LogP contribution in [0.4, 0.5) is 0 Å². The van der Waals surface area contributed by atoms with E-state index >= 15 is 0 Å². The first-order chi connectivity index (χ1) is 8.97. The molecule has 1 nitrogen and oxygen atoms in total. The lowest BCUT2D eigenvalue weighted by molar-refractivity contribution is 0.591. The Morgan fingerprint density at radius 2 is 1.79 bits per heavy atom. The monoisotopic (exact) mass is 255 g/mol. The van der Waals surface area contributed by atoms with E-state index in [1.165, 1.54) is 53.4 Å². The van der Waals surface area contributed by atoms with E-state index in [-0.39, 0.29) is 5.41 Å². The standard InChI is InChI=1S/C18H25N/c1-12-15-11-14(18(2,3)4)9-10-16(15)19-17(12)13-7-5-6-8-13/h9-11,13,19H,5-8H2,1-4H3. The van der Waals surface area contributed by atoms with Gasteiger partial charge in [-0.05, 0) is 54.4 Å². The number of fused-ring (bicyclic) bond motifs is 1. The molecule has 0 saturated heterocycles. The third-order valence-electron chi connectivity index (χ3n) is 4.73. The Kier molecular flexibility index (Phi) is 2.96. The molecule has 0 unspecified atom stereocenters. The SMILES string of the molecule is Cc1c(C2CCCC2)[nH]c2ccc(C(C)(C)C)cc12. The molecule has 0 radical (unpaired) electrons. The van der Waals surface area contributed by atoms with E-state index in [1.54, 1.807) is 0 Å². The van der Waals surface area contributed by atoms with Gasteiger partial charge in [0, 0.05) is 16.6 Å². The molecule has 1 aliphatic rings. The Bertz CT molecular complexity index is 592. The predicted molar refractivity (Wildman–Crippen MR) is 82.9 cm³/mol. The summed E-state index contributed by atoms with van der Waals surface area (Å²) in [6, 6.07) is 6.93. The number of aromatic nitrogens is 1. The molecule has 0 amide bonds. The summed E-state index contributed by atoms with van der Waals surface area (Å²) in [5, 5.41) is 1.43. The van der Waals surface area contributed by atoms with Crippen LogP contribution in [0, 0.1) is 6.92 Å². The van der Waals surface area contributed by atoms with Gasteiger partial charge in [0.15, 0.2) is 0 Å². The second kappa shape index (κ2) is 4.40. The molecule has 0 spiro atoms. The first kappa shape index (κ1) is 12.8. The Morgan fingerprint density at radius 1 is 1.11 bits per heavy atom. The van der Waals surface area contributed by atoms with Crippen molar-refractivity contribution >= 4 is 10.9 Å². The molecule has 1 fully saturated rings. The van der Waals surface area contributed by atoms with Crippen molar-refractivity contribution in [2.24, 2.45) is 0 Å². The first-order valence-corrected chi connectivity index (χ1v) is 7.59. The molecule has 102 valence electrons. The van der Waals surface area contributed by atoms with Gasteiger partial charge >= 0.3 is 0 Å². The zero-order valence-corrected chi connectivity index (χ0v) is 12.6. The molecule has 0 aliphatic heterocycles. The van der Waals surface area contributed by atoms with Crippen molar-refractivity contribution in [1.29, 1.82) is 0 Å². The summed E-state index contributed by atoms with van der Waals surface area (Å²) < 4.78 is 0. The van der Waals surface area contributed by atoms with Crippen LogP contribution in [0.15, 0.2) is 18.2 Å². The summed E-state index contributed by atoms with van der Waals surface area (Å²) in [4.78, 5) is 3.68. The maximum atomic E-state index is 3.68. The average Bonchev–Trinajstić information content (AvgIpc) is 2.96. The zero-order valence-electron chi connectivity index (χ0n) is 12.6. The second-order valence-corrected chi connectivity index (χ2v) is 7.16. The lowest BCUT2D eigenvalue weighted by Crippen LogP contribution is -2.10. The van der Waals surface area contributed by atoms with Crippen LogP contribution in [0.25, 0.3) is 10.9 Å². The van der Waals surface area contributed by atoms with Crippen LogP contribution in [0.3, 0.4) is 0 Å². The third-order valence-corrected chi connectivity index (χ3v) is 4.73. The molecule has 19 heavy (non-hydrogen) atoms. The van der Waals surface area contributed by atoms with Gasteiger partial charge in [0.25, 0.3) is 0 Å². The molecule has 1 aliphatic carbocycles. The molecule has 2 aromatic rings. The lowest BCUT2D eigenvalue weighted by Gasteiger charge is -2.19. The fourth-order valence-electron chi connectivity index (χ4n) is 3.44. The van der Waals surface area contributed by atoms with Crippen LogP contribution in [-0.2, 0) is 5.41 Å². The third kappa shape index (κ3) is 2.20. The quantitative estimate of drug-likeness (QED) is 0.699.